The third-order valence-electron chi connectivity index (χ3n) is 3.48. The number of rotatable bonds is 7. The minimum absolute atomic E-state index is 0.270. The minimum Gasteiger partial charge on any atom is -0.494 e. The van der Waals surface area contributed by atoms with Crippen molar-refractivity contribution in [2.75, 3.05) is 11.9 Å². The molecule has 2 unspecified atom stereocenters. The standard InChI is InChI=1S/C19H28N2O5/c1-7-25-15-10-8-14(9-11-15)21-16(22)13(3)26-17(23)12(2)20-18(24)19(4,5)6/h8-13H,7H2,1-6H3,(H,20,24)(H,21,22). The van der Waals surface area contributed by atoms with Crippen LogP contribution in [0.25, 0.3) is 0 Å². The van der Waals surface area contributed by atoms with Crippen LogP contribution in [0.4, 0.5) is 5.69 Å². The van der Waals surface area contributed by atoms with Crippen molar-refractivity contribution in [2.45, 2.75) is 53.7 Å². The second-order valence-corrected chi connectivity index (χ2v) is 6.97. The van der Waals surface area contributed by atoms with Gasteiger partial charge in [0.25, 0.3) is 5.91 Å². The van der Waals surface area contributed by atoms with Gasteiger partial charge in [-0.1, -0.05) is 20.8 Å². The minimum atomic E-state index is -0.997. The van der Waals surface area contributed by atoms with Crippen molar-refractivity contribution < 1.29 is 23.9 Å². The molecule has 0 aliphatic carbocycles. The van der Waals surface area contributed by atoms with Gasteiger partial charge in [0.05, 0.1) is 6.61 Å². The summed E-state index contributed by atoms with van der Waals surface area (Å²) in [5.74, 6) is -0.698. The van der Waals surface area contributed by atoms with E-state index in [9.17, 15) is 14.4 Å². The lowest BCUT2D eigenvalue weighted by Crippen LogP contribution is -2.46. The van der Waals surface area contributed by atoms with Gasteiger partial charge in [-0.05, 0) is 45.0 Å². The molecule has 1 rings (SSSR count). The number of carbonyl (C=O) groups is 3. The van der Waals surface area contributed by atoms with E-state index in [1.54, 1.807) is 45.0 Å². The number of hydrogen-bond acceptors (Lipinski definition) is 5. The molecule has 0 radical (unpaired) electrons. The molecule has 0 aromatic heterocycles. The van der Waals surface area contributed by atoms with Crippen LogP contribution in [-0.4, -0.2) is 36.5 Å². The quantitative estimate of drug-likeness (QED) is 0.725. The van der Waals surface area contributed by atoms with Gasteiger partial charge in [-0.3, -0.25) is 9.59 Å². The van der Waals surface area contributed by atoms with E-state index in [-0.39, 0.29) is 5.91 Å². The van der Waals surface area contributed by atoms with Gasteiger partial charge in [0.15, 0.2) is 6.10 Å². The molecular weight excluding hydrogens is 336 g/mol. The summed E-state index contributed by atoms with van der Waals surface area (Å²) in [6, 6.07) is 6.02. The van der Waals surface area contributed by atoms with E-state index >= 15 is 0 Å². The highest BCUT2D eigenvalue weighted by molar-refractivity contribution is 5.95. The lowest BCUT2D eigenvalue weighted by atomic mass is 9.95. The monoisotopic (exact) mass is 364 g/mol. The third kappa shape index (κ3) is 6.74. The molecule has 0 heterocycles. The summed E-state index contributed by atoms with van der Waals surface area (Å²) < 4.78 is 10.5. The first-order valence-corrected chi connectivity index (χ1v) is 8.59. The van der Waals surface area contributed by atoms with E-state index in [1.165, 1.54) is 13.8 Å². The van der Waals surface area contributed by atoms with Crippen molar-refractivity contribution >= 4 is 23.5 Å². The predicted octanol–water partition coefficient (Wildman–Crippen LogP) is 2.51. The summed E-state index contributed by atoms with van der Waals surface area (Å²) in [5, 5.41) is 5.23. The van der Waals surface area contributed by atoms with Gasteiger partial charge in [-0.2, -0.15) is 0 Å². The SMILES string of the molecule is CCOc1ccc(NC(=O)C(C)OC(=O)C(C)NC(=O)C(C)(C)C)cc1. The molecule has 144 valence electrons. The first-order chi connectivity index (χ1) is 12.0. The van der Waals surface area contributed by atoms with Crippen LogP contribution in [0.2, 0.25) is 0 Å². The second kappa shape index (κ2) is 9.22. The summed E-state index contributed by atoms with van der Waals surface area (Å²) in [5.41, 5.74) is -0.0546. The molecule has 2 atom stereocenters. The van der Waals surface area contributed by atoms with Crippen molar-refractivity contribution in [3.05, 3.63) is 24.3 Å². The summed E-state index contributed by atoms with van der Waals surface area (Å²) in [7, 11) is 0. The maximum atomic E-state index is 12.2. The fourth-order valence-corrected chi connectivity index (χ4v) is 1.85. The molecule has 0 saturated heterocycles. The number of hydrogen-bond donors (Lipinski definition) is 2. The number of benzene rings is 1. The fraction of sp³-hybridized carbons (Fsp3) is 0.526. The molecule has 0 aliphatic rings. The third-order valence-corrected chi connectivity index (χ3v) is 3.48. The number of nitrogens with one attached hydrogen (secondary N) is 2. The second-order valence-electron chi connectivity index (χ2n) is 6.97. The summed E-state index contributed by atoms with van der Waals surface area (Å²) in [6.45, 7) is 10.7. The molecule has 0 saturated carbocycles. The van der Waals surface area contributed by atoms with Crippen molar-refractivity contribution in [1.29, 1.82) is 0 Å². The molecular formula is C19H28N2O5. The Balaban J connectivity index is 2.55. The van der Waals surface area contributed by atoms with Crippen LogP contribution in [0, 0.1) is 5.41 Å². The molecule has 0 bridgehead atoms. The molecule has 0 spiro atoms. The van der Waals surface area contributed by atoms with Crippen LogP contribution in [0.5, 0.6) is 5.75 Å². The first kappa shape index (κ1) is 21.5. The van der Waals surface area contributed by atoms with Crippen LogP contribution < -0.4 is 15.4 Å². The lowest BCUT2D eigenvalue weighted by molar-refractivity contribution is -0.156. The molecule has 1 aromatic rings. The average molecular weight is 364 g/mol. The number of esters is 1. The highest BCUT2D eigenvalue weighted by Crippen LogP contribution is 2.16. The Morgan fingerprint density at radius 3 is 2.15 bits per heavy atom. The Labute approximate surface area is 154 Å². The van der Waals surface area contributed by atoms with Crippen molar-refractivity contribution in [2.24, 2.45) is 5.41 Å². The smallest absolute Gasteiger partial charge is 0.329 e. The van der Waals surface area contributed by atoms with Crippen LogP contribution in [-0.2, 0) is 19.1 Å². The highest BCUT2D eigenvalue weighted by Gasteiger charge is 2.27. The molecule has 26 heavy (non-hydrogen) atoms. The van der Waals surface area contributed by atoms with E-state index in [1.807, 2.05) is 6.92 Å². The van der Waals surface area contributed by atoms with Crippen LogP contribution in [0.1, 0.15) is 41.5 Å². The lowest BCUT2D eigenvalue weighted by Gasteiger charge is -2.22. The van der Waals surface area contributed by atoms with E-state index in [0.717, 1.165) is 0 Å². The number of amides is 2. The summed E-state index contributed by atoms with van der Waals surface area (Å²) >= 11 is 0. The first-order valence-electron chi connectivity index (χ1n) is 8.59. The molecule has 0 fully saturated rings. The summed E-state index contributed by atoms with van der Waals surface area (Å²) in [6.07, 6.45) is -0.997. The zero-order valence-corrected chi connectivity index (χ0v) is 16.2. The summed E-state index contributed by atoms with van der Waals surface area (Å²) in [4.78, 5) is 36.1. The topological polar surface area (TPSA) is 93.7 Å². The van der Waals surface area contributed by atoms with E-state index in [2.05, 4.69) is 10.6 Å². The molecule has 7 nitrogen and oxygen atoms in total. The number of ether oxygens (including phenoxy) is 2. The fourth-order valence-electron chi connectivity index (χ4n) is 1.85. The van der Waals surface area contributed by atoms with Crippen molar-refractivity contribution in [1.82, 2.24) is 5.32 Å². The molecule has 2 amide bonds. The van der Waals surface area contributed by atoms with Gasteiger partial charge in [-0.15, -0.1) is 0 Å². The normalized spacial score (nSPS) is 13.3. The van der Waals surface area contributed by atoms with Gasteiger partial charge in [-0.25, -0.2) is 4.79 Å². The van der Waals surface area contributed by atoms with Gasteiger partial charge in [0.2, 0.25) is 5.91 Å². The van der Waals surface area contributed by atoms with Crippen LogP contribution >= 0.6 is 0 Å². The van der Waals surface area contributed by atoms with E-state index in [4.69, 9.17) is 9.47 Å². The Hall–Kier alpha value is -2.57. The molecule has 1 aromatic carbocycles. The predicted molar refractivity (Wildman–Crippen MR) is 98.9 cm³/mol. The zero-order chi connectivity index (χ0) is 19.9. The zero-order valence-electron chi connectivity index (χ0n) is 16.2. The Morgan fingerprint density at radius 2 is 1.65 bits per heavy atom. The average Bonchev–Trinajstić information content (AvgIpc) is 2.55. The molecule has 2 N–H and O–H groups in total. The number of carbonyl (C=O) groups excluding carboxylic acids is 3. The molecule has 7 heteroatoms. The van der Waals surface area contributed by atoms with Crippen molar-refractivity contribution in [3.8, 4) is 5.75 Å². The van der Waals surface area contributed by atoms with Crippen molar-refractivity contribution in [3.63, 3.8) is 0 Å². The van der Waals surface area contributed by atoms with Crippen LogP contribution in [0.3, 0.4) is 0 Å². The Bertz CT molecular complexity index is 634. The Kier molecular flexibility index (Phi) is 7.61. The highest BCUT2D eigenvalue weighted by atomic mass is 16.5. The largest absolute Gasteiger partial charge is 0.494 e. The van der Waals surface area contributed by atoms with Gasteiger partial charge >= 0.3 is 5.97 Å². The van der Waals surface area contributed by atoms with Gasteiger partial charge < -0.3 is 20.1 Å². The Morgan fingerprint density at radius 1 is 1.08 bits per heavy atom. The van der Waals surface area contributed by atoms with Gasteiger partial charge in [0.1, 0.15) is 11.8 Å². The van der Waals surface area contributed by atoms with Gasteiger partial charge in [0, 0.05) is 11.1 Å². The molecule has 0 aliphatic heterocycles. The van der Waals surface area contributed by atoms with E-state index < -0.39 is 29.4 Å². The maximum absolute atomic E-state index is 12.2. The van der Waals surface area contributed by atoms with E-state index in [0.29, 0.717) is 18.0 Å². The maximum Gasteiger partial charge on any atom is 0.329 e. The number of anilines is 1. The van der Waals surface area contributed by atoms with Crippen LogP contribution in [0.15, 0.2) is 24.3 Å².